The second kappa shape index (κ2) is 12.1. The fraction of sp³-hybridized carbons (Fsp3) is 0.591. The van der Waals surface area contributed by atoms with Crippen LogP contribution in [0.3, 0.4) is 0 Å². The molecule has 0 unspecified atom stereocenters. The second-order valence-electron chi connectivity index (χ2n) is 8.14. The number of nitrogens with one attached hydrogen (secondary N) is 1. The molecular formula is C22H33NO6. The Morgan fingerprint density at radius 1 is 1.00 bits per heavy atom. The minimum Gasteiger partial charge on any atom is -0.464 e. The Hall–Kier alpha value is -2.57. The molecule has 0 radical (unpaired) electrons. The second-order valence-corrected chi connectivity index (χ2v) is 8.14. The summed E-state index contributed by atoms with van der Waals surface area (Å²) in [5.74, 6) is -0.952. The highest BCUT2D eigenvalue weighted by Crippen LogP contribution is 2.10. The van der Waals surface area contributed by atoms with Crippen molar-refractivity contribution in [1.29, 1.82) is 0 Å². The molecule has 0 aliphatic rings. The quantitative estimate of drug-likeness (QED) is 0.358. The van der Waals surface area contributed by atoms with Crippen LogP contribution in [0.1, 0.15) is 59.4 Å². The first-order valence-electron chi connectivity index (χ1n) is 9.94. The van der Waals surface area contributed by atoms with Gasteiger partial charge in [-0.3, -0.25) is 4.79 Å². The van der Waals surface area contributed by atoms with Crippen molar-refractivity contribution in [3.05, 3.63) is 35.9 Å². The normalized spacial score (nSPS) is 12.2. The molecule has 1 rings (SSSR count). The summed E-state index contributed by atoms with van der Waals surface area (Å²) in [7, 11) is 0. The van der Waals surface area contributed by atoms with E-state index in [2.05, 4.69) is 5.32 Å². The van der Waals surface area contributed by atoms with E-state index in [9.17, 15) is 14.4 Å². The first-order chi connectivity index (χ1) is 13.6. The van der Waals surface area contributed by atoms with E-state index in [0.717, 1.165) is 5.56 Å². The highest BCUT2D eigenvalue weighted by atomic mass is 16.6. The van der Waals surface area contributed by atoms with E-state index in [4.69, 9.17) is 14.2 Å². The van der Waals surface area contributed by atoms with Gasteiger partial charge in [0.05, 0.1) is 6.61 Å². The molecule has 1 amide bonds. The van der Waals surface area contributed by atoms with Gasteiger partial charge in [0, 0.05) is 6.42 Å². The number of unbranched alkanes of at least 4 members (excludes halogenated alkanes) is 1. The predicted molar refractivity (Wildman–Crippen MR) is 109 cm³/mol. The van der Waals surface area contributed by atoms with Gasteiger partial charge in [-0.15, -0.1) is 0 Å². The minimum atomic E-state index is -0.791. The van der Waals surface area contributed by atoms with Gasteiger partial charge in [-0.25, -0.2) is 9.59 Å². The average molecular weight is 408 g/mol. The number of benzene rings is 1. The van der Waals surface area contributed by atoms with Crippen LogP contribution in [-0.4, -0.2) is 36.3 Å². The maximum atomic E-state index is 12.3. The van der Waals surface area contributed by atoms with Gasteiger partial charge >= 0.3 is 18.0 Å². The highest BCUT2D eigenvalue weighted by molar-refractivity contribution is 5.81. The molecule has 1 N–H and O–H groups in total. The van der Waals surface area contributed by atoms with Crippen LogP contribution < -0.4 is 5.32 Å². The summed E-state index contributed by atoms with van der Waals surface area (Å²) in [6.45, 7) is 9.30. The summed E-state index contributed by atoms with van der Waals surface area (Å²) in [5.41, 5.74) is 0.289. The number of amides is 1. The zero-order chi connectivity index (χ0) is 21.9. The smallest absolute Gasteiger partial charge is 0.408 e. The first kappa shape index (κ1) is 24.5. The third kappa shape index (κ3) is 11.1. The predicted octanol–water partition coefficient (Wildman–Crippen LogP) is 3.99. The lowest BCUT2D eigenvalue weighted by Gasteiger charge is -2.24. The van der Waals surface area contributed by atoms with Gasteiger partial charge in [-0.2, -0.15) is 0 Å². The number of hydrogen-bond donors (Lipinski definition) is 1. The molecule has 0 heterocycles. The number of carbonyl (C=O) groups excluding carboxylic acids is 3. The largest absolute Gasteiger partial charge is 0.464 e. The van der Waals surface area contributed by atoms with Gasteiger partial charge in [0.15, 0.2) is 0 Å². The lowest BCUT2D eigenvalue weighted by Crippen LogP contribution is -2.47. The van der Waals surface area contributed by atoms with Crippen molar-refractivity contribution in [1.82, 2.24) is 5.32 Å². The molecule has 1 aromatic rings. The van der Waals surface area contributed by atoms with Crippen molar-refractivity contribution in [2.45, 2.75) is 72.1 Å². The Kier molecular flexibility index (Phi) is 10.2. The van der Waals surface area contributed by atoms with Gasteiger partial charge in [0.25, 0.3) is 0 Å². The summed E-state index contributed by atoms with van der Waals surface area (Å²) in [6.07, 6.45) is 0.680. The molecule has 0 saturated carbocycles. The molecule has 7 nitrogen and oxygen atoms in total. The van der Waals surface area contributed by atoms with E-state index < -0.39 is 23.7 Å². The molecule has 1 aromatic carbocycles. The van der Waals surface area contributed by atoms with Crippen LogP contribution in [0.25, 0.3) is 0 Å². The Morgan fingerprint density at radius 3 is 2.24 bits per heavy atom. The Morgan fingerprint density at radius 2 is 1.66 bits per heavy atom. The topological polar surface area (TPSA) is 90.9 Å². The number of carbonyl (C=O) groups is 3. The van der Waals surface area contributed by atoms with Gasteiger partial charge in [0.1, 0.15) is 18.2 Å². The average Bonchev–Trinajstić information content (AvgIpc) is 2.63. The third-order valence-corrected chi connectivity index (χ3v) is 3.86. The molecule has 0 saturated heterocycles. The molecule has 29 heavy (non-hydrogen) atoms. The van der Waals surface area contributed by atoms with Crippen LogP contribution in [0.4, 0.5) is 4.79 Å². The number of rotatable bonds is 10. The molecule has 7 heteroatoms. The zero-order valence-electron chi connectivity index (χ0n) is 18.0. The molecular weight excluding hydrogens is 374 g/mol. The fourth-order valence-electron chi connectivity index (χ4n) is 2.38. The molecule has 162 valence electrons. The lowest BCUT2D eigenvalue weighted by atomic mass is 10.1. The maximum Gasteiger partial charge on any atom is 0.408 e. The monoisotopic (exact) mass is 407 g/mol. The minimum absolute atomic E-state index is 0.150. The van der Waals surface area contributed by atoms with Gasteiger partial charge in [-0.05, 0) is 45.1 Å². The standard InChI is InChI=1S/C22H33NO6/c1-16(2)19(23-21(26)29-22(3,4)5)20(25)27-14-10-9-13-18(24)28-15-17-11-7-6-8-12-17/h6-8,11-12,16,19H,9-10,13-15H2,1-5H3,(H,23,26)/t19-/m0/s1. The van der Waals surface area contributed by atoms with Gasteiger partial charge in [-0.1, -0.05) is 44.2 Å². The SMILES string of the molecule is CC(C)[C@H](NC(=O)OC(C)(C)C)C(=O)OCCCCC(=O)OCc1ccccc1. The van der Waals surface area contributed by atoms with E-state index in [-0.39, 0.29) is 31.5 Å². The van der Waals surface area contributed by atoms with Crippen molar-refractivity contribution < 1.29 is 28.6 Å². The van der Waals surface area contributed by atoms with Crippen molar-refractivity contribution in [3.8, 4) is 0 Å². The Balaban J connectivity index is 2.26. The van der Waals surface area contributed by atoms with Crippen LogP contribution in [0.15, 0.2) is 30.3 Å². The maximum absolute atomic E-state index is 12.3. The molecule has 0 fully saturated rings. The number of hydrogen-bond acceptors (Lipinski definition) is 6. The van der Waals surface area contributed by atoms with E-state index in [1.54, 1.807) is 20.8 Å². The van der Waals surface area contributed by atoms with Crippen molar-refractivity contribution in [2.24, 2.45) is 5.92 Å². The number of esters is 2. The van der Waals surface area contributed by atoms with Crippen LogP contribution in [-0.2, 0) is 30.4 Å². The summed E-state index contributed by atoms with van der Waals surface area (Å²) in [5, 5.41) is 2.55. The Labute approximate surface area is 173 Å². The first-order valence-corrected chi connectivity index (χ1v) is 9.94. The third-order valence-electron chi connectivity index (χ3n) is 3.86. The van der Waals surface area contributed by atoms with E-state index in [1.807, 2.05) is 44.2 Å². The number of ether oxygens (including phenoxy) is 3. The van der Waals surface area contributed by atoms with E-state index in [0.29, 0.717) is 12.8 Å². The van der Waals surface area contributed by atoms with Crippen LogP contribution >= 0.6 is 0 Å². The number of alkyl carbamates (subject to hydrolysis) is 1. The lowest BCUT2D eigenvalue weighted by molar-refractivity contribution is -0.147. The van der Waals surface area contributed by atoms with Crippen LogP contribution in [0.2, 0.25) is 0 Å². The Bertz CT molecular complexity index is 651. The summed E-state index contributed by atoms with van der Waals surface area (Å²) < 4.78 is 15.6. The van der Waals surface area contributed by atoms with E-state index >= 15 is 0 Å². The molecule has 0 aliphatic carbocycles. The fourth-order valence-corrected chi connectivity index (χ4v) is 2.38. The van der Waals surface area contributed by atoms with Gasteiger partial charge < -0.3 is 19.5 Å². The zero-order valence-corrected chi connectivity index (χ0v) is 18.0. The molecule has 0 aromatic heterocycles. The summed E-state index contributed by atoms with van der Waals surface area (Å²) in [6, 6.07) is 8.67. The molecule has 0 bridgehead atoms. The van der Waals surface area contributed by atoms with Crippen LogP contribution in [0.5, 0.6) is 0 Å². The molecule has 0 spiro atoms. The van der Waals surface area contributed by atoms with E-state index in [1.165, 1.54) is 0 Å². The molecule has 1 atom stereocenters. The summed E-state index contributed by atoms with van der Waals surface area (Å²) >= 11 is 0. The molecule has 0 aliphatic heterocycles. The highest BCUT2D eigenvalue weighted by Gasteiger charge is 2.28. The van der Waals surface area contributed by atoms with Crippen molar-refractivity contribution >= 4 is 18.0 Å². The van der Waals surface area contributed by atoms with Crippen LogP contribution in [0, 0.1) is 5.92 Å². The van der Waals surface area contributed by atoms with Crippen molar-refractivity contribution in [3.63, 3.8) is 0 Å². The summed E-state index contributed by atoms with van der Waals surface area (Å²) in [4.78, 5) is 35.9. The van der Waals surface area contributed by atoms with Crippen molar-refractivity contribution in [2.75, 3.05) is 6.61 Å². The van der Waals surface area contributed by atoms with Gasteiger partial charge in [0.2, 0.25) is 0 Å².